The first-order valence-corrected chi connectivity index (χ1v) is 7.74. The van der Waals surface area contributed by atoms with E-state index in [9.17, 15) is 4.79 Å². The number of aryl methyl sites for hydroxylation is 2. The number of nitrogens with one attached hydrogen (secondary N) is 1. The first-order chi connectivity index (χ1) is 9.38. The van der Waals surface area contributed by atoms with Gasteiger partial charge in [0.1, 0.15) is 5.15 Å². The van der Waals surface area contributed by atoms with E-state index in [1.165, 1.54) is 0 Å². The summed E-state index contributed by atoms with van der Waals surface area (Å²) in [4.78, 5) is 16.2. The van der Waals surface area contributed by atoms with Gasteiger partial charge in [-0.05, 0) is 69.0 Å². The van der Waals surface area contributed by atoms with Gasteiger partial charge in [-0.15, -0.1) is 0 Å². The van der Waals surface area contributed by atoms with Crippen LogP contribution in [0.1, 0.15) is 21.5 Å². The van der Waals surface area contributed by atoms with Crippen molar-refractivity contribution >= 4 is 55.1 Å². The molecule has 0 spiro atoms. The molecule has 0 radical (unpaired) electrons. The molecule has 2 rings (SSSR count). The summed E-state index contributed by atoms with van der Waals surface area (Å²) < 4.78 is 1.54. The van der Waals surface area contributed by atoms with E-state index in [2.05, 4.69) is 42.2 Å². The number of hydrogen-bond donors (Lipinski definition) is 1. The zero-order valence-electron chi connectivity index (χ0n) is 10.8. The molecular formula is C14H11Br2ClN2O. The fraction of sp³-hybridized carbons (Fsp3) is 0.143. The second-order valence-corrected chi connectivity index (χ2v) is 6.51. The van der Waals surface area contributed by atoms with Crippen LogP contribution in [0, 0.1) is 13.8 Å². The number of halogens is 3. The van der Waals surface area contributed by atoms with E-state index in [1.807, 2.05) is 26.0 Å². The van der Waals surface area contributed by atoms with Crippen molar-refractivity contribution in [1.29, 1.82) is 0 Å². The van der Waals surface area contributed by atoms with Crippen LogP contribution in [0.4, 0.5) is 5.69 Å². The van der Waals surface area contributed by atoms with Crippen molar-refractivity contribution in [3.8, 4) is 0 Å². The minimum atomic E-state index is -0.295. The third-order valence-electron chi connectivity index (χ3n) is 2.72. The molecule has 104 valence electrons. The standard InChI is InChI=1S/C14H11Br2ClN2O/c1-7-3-8(2)12(11(16)4-7)19-14(20)10-5-9(15)6-18-13(10)17/h3-6H,1-2H3,(H,19,20). The molecule has 0 atom stereocenters. The van der Waals surface area contributed by atoms with Crippen molar-refractivity contribution in [2.24, 2.45) is 0 Å². The lowest BCUT2D eigenvalue weighted by molar-refractivity contribution is 0.102. The molecule has 1 aromatic heterocycles. The number of benzene rings is 1. The minimum Gasteiger partial charge on any atom is -0.321 e. The second-order valence-electron chi connectivity index (χ2n) is 4.38. The molecule has 0 aliphatic rings. The van der Waals surface area contributed by atoms with Crippen LogP contribution >= 0.6 is 43.5 Å². The van der Waals surface area contributed by atoms with Crippen molar-refractivity contribution in [1.82, 2.24) is 4.98 Å². The second kappa shape index (κ2) is 6.24. The van der Waals surface area contributed by atoms with Crippen molar-refractivity contribution < 1.29 is 4.79 Å². The Balaban J connectivity index is 2.35. The van der Waals surface area contributed by atoms with Gasteiger partial charge in [-0.3, -0.25) is 4.79 Å². The fourth-order valence-corrected chi connectivity index (χ4v) is 3.13. The smallest absolute Gasteiger partial charge is 0.258 e. The third-order valence-corrected chi connectivity index (χ3v) is 4.08. The van der Waals surface area contributed by atoms with Crippen LogP contribution in [-0.2, 0) is 0 Å². The molecule has 1 heterocycles. The Morgan fingerprint density at radius 3 is 2.60 bits per heavy atom. The van der Waals surface area contributed by atoms with Gasteiger partial charge in [0.25, 0.3) is 5.91 Å². The average Bonchev–Trinajstić information content (AvgIpc) is 2.36. The monoisotopic (exact) mass is 416 g/mol. The summed E-state index contributed by atoms with van der Waals surface area (Å²) in [5, 5.41) is 3.03. The topological polar surface area (TPSA) is 42.0 Å². The Morgan fingerprint density at radius 2 is 1.95 bits per heavy atom. The van der Waals surface area contributed by atoms with Gasteiger partial charge in [-0.1, -0.05) is 17.7 Å². The predicted molar refractivity (Wildman–Crippen MR) is 88.5 cm³/mol. The van der Waals surface area contributed by atoms with E-state index in [0.29, 0.717) is 10.0 Å². The van der Waals surface area contributed by atoms with Crippen molar-refractivity contribution in [3.63, 3.8) is 0 Å². The van der Waals surface area contributed by atoms with Crippen LogP contribution in [-0.4, -0.2) is 10.9 Å². The number of anilines is 1. The first kappa shape index (κ1) is 15.5. The van der Waals surface area contributed by atoms with Crippen LogP contribution in [0.2, 0.25) is 5.15 Å². The first-order valence-electron chi connectivity index (χ1n) is 5.77. The summed E-state index contributed by atoms with van der Waals surface area (Å²) in [5.74, 6) is -0.295. The van der Waals surface area contributed by atoms with E-state index in [0.717, 1.165) is 21.3 Å². The average molecular weight is 419 g/mol. The lowest BCUT2D eigenvalue weighted by atomic mass is 10.1. The Labute approximate surface area is 139 Å². The highest BCUT2D eigenvalue weighted by Crippen LogP contribution is 2.29. The fourth-order valence-electron chi connectivity index (χ4n) is 1.84. The molecule has 1 aromatic carbocycles. The molecule has 0 aliphatic carbocycles. The largest absolute Gasteiger partial charge is 0.321 e. The Kier molecular flexibility index (Phi) is 4.83. The van der Waals surface area contributed by atoms with Crippen LogP contribution in [0.3, 0.4) is 0 Å². The van der Waals surface area contributed by atoms with Crippen molar-refractivity contribution in [2.75, 3.05) is 5.32 Å². The Bertz CT molecular complexity index is 666. The lowest BCUT2D eigenvalue weighted by Gasteiger charge is -2.12. The normalized spacial score (nSPS) is 10.4. The van der Waals surface area contributed by atoms with Gasteiger partial charge < -0.3 is 5.32 Å². The number of carbonyl (C=O) groups is 1. The molecule has 0 saturated carbocycles. The summed E-state index contributed by atoms with van der Waals surface area (Å²) >= 11 is 12.7. The van der Waals surface area contributed by atoms with E-state index in [1.54, 1.807) is 12.3 Å². The molecule has 0 bridgehead atoms. The van der Waals surface area contributed by atoms with Crippen LogP contribution in [0.15, 0.2) is 33.3 Å². The Hall–Kier alpha value is -0.910. The van der Waals surface area contributed by atoms with E-state index in [-0.39, 0.29) is 11.1 Å². The summed E-state index contributed by atoms with van der Waals surface area (Å²) in [6.45, 7) is 3.94. The van der Waals surface area contributed by atoms with E-state index >= 15 is 0 Å². The number of nitrogens with zero attached hydrogens (tertiary/aromatic N) is 1. The lowest BCUT2D eigenvalue weighted by Crippen LogP contribution is -2.14. The molecule has 0 aliphatic heterocycles. The number of pyridine rings is 1. The number of aromatic nitrogens is 1. The zero-order chi connectivity index (χ0) is 14.9. The highest BCUT2D eigenvalue weighted by molar-refractivity contribution is 9.10. The SMILES string of the molecule is Cc1cc(C)c(NC(=O)c2cc(Br)cnc2Cl)c(Br)c1. The molecule has 1 N–H and O–H groups in total. The maximum atomic E-state index is 12.3. The number of hydrogen-bond acceptors (Lipinski definition) is 2. The molecule has 3 nitrogen and oxygen atoms in total. The van der Waals surface area contributed by atoms with Gasteiger partial charge in [0.15, 0.2) is 0 Å². The summed E-state index contributed by atoms with van der Waals surface area (Å²) in [6.07, 6.45) is 1.55. The molecule has 0 saturated heterocycles. The predicted octanol–water partition coefficient (Wildman–Crippen LogP) is 5.13. The summed E-state index contributed by atoms with van der Waals surface area (Å²) in [5.41, 5.74) is 3.16. The van der Waals surface area contributed by atoms with Crippen molar-refractivity contribution in [2.45, 2.75) is 13.8 Å². The van der Waals surface area contributed by atoms with E-state index in [4.69, 9.17) is 11.6 Å². The van der Waals surface area contributed by atoms with Gasteiger partial charge >= 0.3 is 0 Å². The number of rotatable bonds is 2. The summed E-state index contributed by atoms with van der Waals surface area (Å²) in [7, 11) is 0. The van der Waals surface area contributed by atoms with Crippen LogP contribution in [0.25, 0.3) is 0 Å². The maximum Gasteiger partial charge on any atom is 0.258 e. The number of carbonyl (C=O) groups excluding carboxylic acids is 1. The Morgan fingerprint density at radius 1 is 1.25 bits per heavy atom. The minimum absolute atomic E-state index is 0.173. The number of amides is 1. The van der Waals surface area contributed by atoms with Crippen LogP contribution < -0.4 is 5.32 Å². The maximum absolute atomic E-state index is 12.3. The van der Waals surface area contributed by atoms with Crippen LogP contribution in [0.5, 0.6) is 0 Å². The molecule has 2 aromatic rings. The molecular weight excluding hydrogens is 407 g/mol. The summed E-state index contributed by atoms with van der Waals surface area (Å²) in [6, 6.07) is 5.59. The highest BCUT2D eigenvalue weighted by Gasteiger charge is 2.15. The highest BCUT2D eigenvalue weighted by atomic mass is 79.9. The molecule has 0 unspecified atom stereocenters. The quantitative estimate of drug-likeness (QED) is 0.687. The van der Waals surface area contributed by atoms with Gasteiger partial charge in [0.05, 0.1) is 11.3 Å². The van der Waals surface area contributed by atoms with Gasteiger partial charge in [0.2, 0.25) is 0 Å². The van der Waals surface area contributed by atoms with E-state index < -0.39 is 0 Å². The van der Waals surface area contributed by atoms with Gasteiger partial charge in [-0.2, -0.15) is 0 Å². The molecule has 6 heteroatoms. The van der Waals surface area contributed by atoms with Gasteiger partial charge in [-0.25, -0.2) is 4.98 Å². The van der Waals surface area contributed by atoms with Crippen molar-refractivity contribution in [3.05, 3.63) is 55.2 Å². The zero-order valence-corrected chi connectivity index (χ0v) is 14.7. The molecule has 1 amide bonds. The third kappa shape index (κ3) is 3.40. The van der Waals surface area contributed by atoms with Gasteiger partial charge in [0, 0.05) is 15.1 Å². The molecule has 0 fully saturated rings. The molecule has 20 heavy (non-hydrogen) atoms.